The number of imidazole rings is 2. The van der Waals surface area contributed by atoms with Crippen LogP contribution in [0.4, 0.5) is 11.5 Å². The summed E-state index contributed by atoms with van der Waals surface area (Å²) in [7, 11) is 1.90. The highest BCUT2D eigenvalue weighted by Gasteiger charge is 2.28. The van der Waals surface area contributed by atoms with Gasteiger partial charge in [0.2, 0.25) is 11.7 Å². The molecule has 1 amide bonds. The van der Waals surface area contributed by atoms with E-state index in [0.29, 0.717) is 23.0 Å². The topological polar surface area (TPSA) is 59.6 Å². The highest BCUT2D eigenvalue weighted by molar-refractivity contribution is 6.07. The molecule has 6 nitrogen and oxygen atoms in total. The number of rotatable bonds is 3. The molecule has 0 unspecified atom stereocenters. The number of nitrogens with zero attached hydrogens (tertiary/aromatic N) is 4. The van der Waals surface area contributed by atoms with Gasteiger partial charge in [-0.15, -0.1) is 0 Å². The predicted octanol–water partition coefficient (Wildman–Crippen LogP) is 3.71. The molecule has 0 atom stereocenters. The van der Waals surface area contributed by atoms with Crippen molar-refractivity contribution < 1.29 is 9.59 Å². The third kappa shape index (κ3) is 2.23. The number of aryl methyl sites for hydroxylation is 1. The average Bonchev–Trinajstić information content (AvgIpc) is 3.13. The highest BCUT2D eigenvalue weighted by atomic mass is 16.2. The van der Waals surface area contributed by atoms with Gasteiger partial charge in [-0.05, 0) is 24.3 Å². The molecule has 0 bridgehead atoms. The Bertz CT molecular complexity index is 1150. The third-order valence-corrected chi connectivity index (χ3v) is 4.50. The maximum absolute atomic E-state index is 12.5. The monoisotopic (exact) mass is 346 g/mol. The second-order valence-electron chi connectivity index (χ2n) is 6.21. The number of amides is 1. The summed E-state index contributed by atoms with van der Waals surface area (Å²) in [6, 6.07) is 17.0. The zero-order chi connectivity index (χ0) is 18.4. The maximum Gasteiger partial charge on any atom is 0.229 e. The van der Waals surface area contributed by atoms with Gasteiger partial charge in [-0.1, -0.05) is 30.3 Å². The Labute approximate surface area is 150 Å². The van der Waals surface area contributed by atoms with Crippen molar-refractivity contribution in [3.63, 3.8) is 0 Å². The third-order valence-electron chi connectivity index (χ3n) is 4.50. The van der Waals surface area contributed by atoms with Crippen LogP contribution in [0.2, 0.25) is 0 Å². The van der Waals surface area contributed by atoms with Crippen molar-refractivity contribution >= 4 is 40.0 Å². The summed E-state index contributed by atoms with van der Waals surface area (Å²) in [6.45, 7) is 2.97. The highest BCUT2D eigenvalue weighted by Crippen LogP contribution is 2.32. The van der Waals surface area contributed by atoms with Crippen LogP contribution < -0.4 is 4.90 Å². The Morgan fingerprint density at radius 2 is 1.54 bits per heavy atom. The molecule has 0 aliphatic heterocycles. The fraction of sp³-hybridized carbons (Fsp3) is 0.150. The van der Waals surface area contributed by atoms with E-state index in [1.165, 1.54) is 18.7 Å². The quantitative estimate of drug-likeness (QED) is 0.531. The van der Waals surface area contributed by atoms with E-state index in [2.05, 4.69) is 4.98 Å². The SMILES string of the molecule is CC(=O)c1c(N(C(C)=O)c2ccccc2)nc2n(C)c3ccccc3n12. The first kappa shape index (κ1) is 16.1. The number of hydrogen-bond acceptors (Lipinski definition) is 3. The van der Waals surface area contributed by atoms with Gasteiger partial charge in [-0.3, -0.25) is 18.9 Å². The second kappa shape index (κ2) is 5.84. The summed E-state index contributed by atoms with van der Waals surface area (Å²) in [5, 5.41) is 0. The van der Waals surface area contributed by atoms with E-state index in [0.717, 1.165) is 11.0 Å². The molecule has 0 spiro atoms. The largest absolute Gasteiger partial charge is 0.313 e. The van der Waals surface area contributed by atoms with E-state index in [1.807, 2.05) is 70.6 Å². The minimum absolute atomic E-state index is 0.147. The standard InChI is InChI=1S/C20H18N4O2/c1-13(25)18-19(23(14(2)26)15-9-5-4-6-10-15)21-20-22(3)16-11-7-8-12-17(16)24(18)20/h4-12H,1-3H3. The lowest BCUT2D eigenvalue weighted by Gasteiger charge is -2.19. The molecule has 26 heavy (non-hydrogen) atoms. The van der Waals surface area contributed by atoms with Crippen molar-refractivity contribution in [3.05, 3.63) is 60.3 Å². The first-order valence-corrected chi connectivity index (χ1v) is 8.33. The summed E-state index contributed by atoms with van der Waals surface area (Å²) in [4.78, 5) is 31.1. The van der Waals surface area contributed by atoms with Gasteiger partial charge in [0.15, 0.2) is 11.6 Å². The van der Waals surface area contributed by atoms with Crippen LogP contribution in [-0.2, 0) is 11.8 Å². The van der Waals surface area contributed by atoms with Gasteiger partial charge < -0.3 is 4.57 Å². The molecule has 0 aliphatic rings. The van der Waals surface area contributed by atoms with Crippen LogP contribution in [0.3, 0.4) is 0 Å². The summed E-state index contributed by atoms with van der Waals surface area (Å²) in [6.07, 6.45) is 0. The zero-order valence-corrected chi connectivity index (χ0v) is 14.8. The first-order valence-electron chi connectivity index (χ1n) is 8.33. The fourth-order valence-electron chi connectivity index (χ4n) is 3.40. The van der Waals surface area contributed by atoms with E-state index in [-0.39, 0.29) is 11.7 Å². The number of anilines is 2. The Balaban J connectivity index is 2.10. The van der Waals surface area contributed by atoms with Crippen molar-refractivity contribution in [2.45, 2.75) is 13.8 Å². The van der Waals surface area contributed by atoms with Gasteiger partial charge in [0, 0.05) is 20.9 Å². The lowest BCUT2D eigenvalue weighted by molar-refractivity contribution is -0.115. The van der Waals surface area contributed by atoms with Crippen molar-refractivity contribution in [3.8, 4) is 0 Å². The molecule has 0 N–H and O–H groups in total. The van der Waals surface area contributed by atoms with Gasteiger partial charge in [-0.25, -0.2) is 0 Å². The normalized spacial score (nSPS) is 11.2. The molecule has 0 saturated carbocycles. The molecular weight excluding hydrogens is 328 g/mol. The molecule has 2 heterocycles. The lowest BCUT2D eigenvalue weighted by Crippen LogP contribution is -2.25. The van der Waals surface area contributed by atoms with Gasteiger partial charge >= 0.3 is 0 Å². The molecule has 0 radical (unpaired) electrons. The smallest absolute Gasteiger partial charge is 0.229 e. The number of ketones is 1. The summed E-state index contributed by atoms with van der Waals surface area (Å²) < 4.78 is 3.75. The van der Waals surface area contributed by atoms with Crippen LogP contribution >= 0.6 is 0 Å². The molecule has 0 aliphatic carbocycles. The number of aromatic nitrogens is 3. The Kier molecular flexibility index (Phi) is 3.61. The van der Waals surface area contributed by atoms with Crippen LogP contribution in [0.15, 0.2) is 54.6 Å². The first-order chi connectivity index (χ1) is 12.5. The van der Waals surface area contributed by atoms with Crippen molar-refractivity contribution in [1.29, 1.82) is 0 Å². The number of Topliss-reactive ketones (excluding diaryl/α,β-unsaturated/α-hetero) is 1. The van der Waals surface area contributed by atoms with Crippen LogP contribution in [0.25, 0.3) is 16.8 Å². The number of para-hydroxylation sites is 3. The molecule has 2 aromatic heterocycles. The number of hydrogen-bond donors (Lipinski definition) is 0. The van der Waals surface area contributed by atoms with Crippen molar-refractivity contribution in [2.24, 2.45) is 7.05 Å². The Morgan fingerprint density at radius 3 is 2.15 bits per heavy atom. The van der Waals surface area contributed by atoms with Crippen LogP contribution in [0.5, 0.6) is 0 Å². The minimum atomic E-state index is -0.202. The van der Waals surface area contributed by atoms with E-state index >= 15 is 0 Å². The van der Waals surface area contributed by atoms with Crippen molar-refractivity contribution in [1.82, 2.24) is 14.0 Å². The van der Waals surface area contributed by atoms with Gasteiger partial charge in [0.1, 0.15) is 5.69 Å². The van der Waals surface area contributed by atoms with E-state index in [9.17, 15) is 9.59 Å². The van der Waals surface area contributed by atoms with Crippen LogP contribution in [0.1, 0.15) is 24.3 Å². The molecular formula is C20H18N4O2. The number of benzene rings is 2. The number of carbonyl (C=O) groups excluding carboxylic acids is 2. The Morgan fingerprint density at radius 1 is 0.923 bits per heavy atom. The fourth-order valence-corrected chi connectivity index (χ4v) is 3.40. The minimum Gasteiger partial charge on any atom is -0.313 e. The number of fused-ring (bicyclic) bond motifs is 3. The van der Waals surface area contributed by atoms with Crippen LogP contribution in [-0.4, -0.2) is 25.6 Å². The van der Waals surface area contributed by atoms with Gasteiger partial charge in [-0.2, -0.15) is 4.98 Å². The molecule has 130 valence electrons. The summed E-state index contributed by atoms with van der Waals surface area (Å²) in [5.41, 5.74) is 2.93. The van der Waals surface area contributed by atoms with Gasteiger partial charge in [0.25, 0.3) is 0 Å². The average molecular weight is 346 g/mol. The summed E-state index contributed by atoms with van der Waals surface area (Å²) in [5.74, 6) is 0.624. The predicted molar refractivity (Wildman–Crippen MR) is 101 cm³/mol. The number of carbonyl (C=O) groups is 2. The lowest BCUT2D eigenvalue weighted by atomic mass is 10.2. The molecule has 6 heteroatoms. The van der Waals surface area contributed by atoms with Crippen molar-refractivity contribution in [2.75, 3.05) is 4.90 Å². The molecule has 2 aromatic carbocycles. The van der Waals surface area contributed by atoms with Gasteiger partial charge in [0.05, 0.1) is 16.7 Å². The van der Waals surface area contributed by atoms with E-state index < -0.39 is 0 Å². The van der Waals surface area contributed by atoms with Crippen LogP contribution in [0, 0.1) is 0 Å². The molecule has 4 aromatic rings. The van der Waals surface area contributed by atoms with E-state index in [4.69, 9.17) is 0 Å². The maximum atomic E-state index is 12.5. The second-order valence-corrected chi connectivity index (χ2v) is 6.21. The summed E-state index contributed by atoms with van der Waals surface area (Å²) >= 11 is 0. The Hall–Kier alpha value is -3.41. The molecule has 0 fully saturated rings. The zero-order valence-electron chi connectivity index (χ0n) is 14.8. The van der Waals surface area contributed by atoms with E-state index in [1.54, 1.807) is 0 Å². The molecule has 0 saturated heterocycles. The molecule has 4 rings (SSSR count).